The number of alkyl halides is 3. The first-order valence-electron chi connectivity index (χ1n) is 8.99. The van der Waals surface area contributed by atoms with Gasteiger partial charge in [-0.15, -0.1) is 0 Å². The van der Waals surface area contributed by atoms with Gasteiger partial charge in [0.1, 0.15) is 5.75 Å². The fourth-order valence-electron chi connectivity index (χ4n) is 3.45. The predicted molar refractivity (Wildman–Crippen MR) is 97.8 cm³/mol. The molecule has 1 aromatic carbocycles. The average Bonchev–Trinajstić information content (AvgIpc) is 3.06. The van der Waals surface area contributed by atoms with Crippen LogP contribution in [0.5, 0.6) is 0 Å². The van der Waals surface area contributed by atoms with Crippen LogP contribution in [0.2, 0.25) is 0 Å². The second kappa shape index (κ2) is 7.81. The van der Waals surface area contributed by atoms with E-state index in [0.717, 1.165) is 25.0 Å². The Balaban J connectivity index is 2.22. The van der Waals surface area contributed by atoms with Gasteiger partial charge in [0.25, 0.3) is 0 Å². The summed E-state index contributed by atoms with van der Waals surface area (Å²) in [6, 6.07) is 4.03. The Labute approximate surface area is 158 Å². The van der Waals surface area contributed by atoms with E-state index < -0.39 is 49.9 Å². The lowest BCUT2D eigenvalue weighted by atomic mass is 9.82. The highest BCUT2D eigenvalue weighted by molar-refractivity contribution is 7.92. The van der Waals surface area contributed by atoms with Crippen LogP contribution in [0, 0.1) is 5.41 Å². The van der Waals surface area contributed by atoms with Crippen LogP contribution >= 0.6 is 0 Å². The van der Waals surface area contributed by atoms with Gasteiger partial charge in [0.2, 0.25) is 5.91 Å². The van der Waals surface area contributed by atoms with Crippen LogP contribution < -0.4 is 5.32 Å². The summed E-state index contributed by atoms with van der Waals surface area (Å²) in [5.74, 6) is -1.32. The summed E-state index contributed by atoms with van der Waals surface area (Å²) in [4.78, 5) is 12.4. The van der Waals surface area contributed by atoms with Crippen molar-refractivity contribution in [2.45, 2.75) is 63.9 Å². The van der Waals surface area contributed by atoms with Crippen molar-refractivity contribution in [1.82, 2.24) is 5.32 Å². The van der Waals surface area contributed by atoms with Crippen molar-refractivity contribution in [2.75, 3.05) is 5.75 Å². The number of carbonyl (C=O) groups is 1. The molecule has 0 spiro atoms. The zero-order valence-corrected chi connectivity index (χ0v) is 16.6. The molecule has 8 heteroatoms. The van der Waals surface area contributed by atoms with E-state index in [-0.39, 0.29) is 0 Å². The van der Waals surface area contributed by atoms with Crippen LogP contribution in [0.1, 0.15) is 63.6 Å². The van der Waals surface area contributed by atoms with Crippen molar-refractivity contribution in [3.8, 4) is 0 Å². The first kappa shape index (κ1) is 21.7. The van der Waals surface area contributed by atoms with Gasteiger partial charge in [-0.25, -0.2) is 8.42 Å². The van der Waals surface area contributed by atoms with E-state index in [1.807, 2.05) is 0 Å². The molecule has 27 heavy (non-hydrogen) atoms. The van der Waals surface area contributed by atoms with E-state index >= 15 is 0 Å². The van der Waals surface area contributed by atoms with Crippen molar-refractivity contribution in [3.63, 3.8) is 0 Å². The summed E-state index contributed by atoms with van der Waals surface area (Å²) in [5.41, 5.74) is -1.11. The van der Waals surface area contributed by atoms with Gasteiger partial charge in [0.15, 0.2) is 9.84 Å². The standard InChI is InChI=1S/C19H26F3NO3S/c1-18(2,3)17(13-7-6-8-14(11-13)19(20,21)22)23-16(24)12-27(25,26)15-9-4-5-10-15/h6-8,11,15,17H,4-5,9-10,12H2,1-3H3,(H,23,24). The Morgan fingerprint density at radius 2 is 1.78 bits per heavy atom. The molecule has 0 bridgehead atoms. The maximum absolute atomic E-state index is 13.0. The summed E-state index contributed by atoms with van der Waals surface area (Å²) in [7, 11) is -3.56. The van der Waals surface area contributed by atoms with Gasteiger partial charge < -0.3 is 5.32 Å². The molecule has 152 valence electrons. The van der Waals surface area contributed by atoms with Crippen molar-refractivity contribution in [1.29, 1.82) is 0 Å². The van der Waals surface area contributed by atoms with Crippen LogP contribution in [0.3, 0.4) is 0 Å². The summed E-state index contributed by atoms with van der Waals surface area (Å²) in [5, 5.41) is 2.15. The number of amides is 1. The minimum absolute atomic E-state index is 0.295. The SMILES string of the molecule is CC(C)(C)C(NC(=O)CS(=O)(=O)C1CCCC1)c1cccc(C(F)(F)F)c1. The number of rotatable bonds is 5. The number of hydrogen-bond acceptors (Lipinski definition) is 3. The first-order chi connectivity index (χ1) is 12.3. The second-order valence-corrected chi connectivity index (χ2v) is 10.5. The number of hydrogen-bond donors (Lipinski definition) is 1. The van der Waals surface area contributed by atoms with E-state index in [9.17, 15) is 26.4 Å². The normalized spacial score (nSPS) is 17.7. The molecule has 0 aromatic heterocycles. The quantitative estimate of drug-likeness (QED) is 0.796. The van der Waals surface area contributed by atoms with Gasteiger partial charge in [-0.1, -0.05) is 45.7 Å². The lowest BCUT2D eigenvalue weighted by Crippen LogP contribution is -2.41. The van der Waals surface area contributed by atoms with Crippen LogP contribution in [0.25, 0.3) is 0 Å². The summed E-state index contributed by atoms with van der Waals surface area (Å²) in [6.07, 6.45) is -1.70. The molecular formula is C19H26F3NO3S. The van der Waals surface area contributed by atoms with E-state index in [1.165, 1.54) is 12.1 Å². The third-order valence-corrected chi connectivity index (χ3v) is 7.01. The van der Waals surface area contributed by atoms with Crippen LogP contribution in [-0.4, -0.2) is 25.3 Å². The Morgan fingerprint density at radius 3 is 2.30 bits per heavy atom. The minimum atomic E-state index is -4.49. The molecule has 1 saturated carbocycles. The molecular weight excluding hydrogens is 379 g/mol. The van der Waals surface area contributed by atoms with Crippen LogP contribution in [-0.2, 0) is 20.8 Å². The highest BCUT2D eigenvalue weighted by atomic mass is 32.2. The molecule has 1 aliphatic carbocycles. The number of nitrogens with one attached hydrogen (secondary N) is 1. The molecule has 0 radical (unpaired) electrons. The lowest BCUT2D eigenvalue weighted by molar-refractivity contribution is -0.137. The van der Waals surface area contributed by atoms with E-state index in [4.69, 9.17) is 0 Å². The van der Waals surface area contributed by atoms with Crippen molar-refractivity contribution in [2.24, 2.45) is 5.41 Å². The molecule has 4 nitrogen and oxygen atoms in total. The van der Waals surface area contributed by atoms with Gasteiger partial charge >= 0.3 is 6.18 Å². The molecule has 1 N–H and O–H groups in total. The smallest absolute Gasteiger partial charge is 0.348 e. The molecule has 1 aliphatic rings. The van der Waals surface area contributed by atoms with E-state index in [0.29, 0.717) is 18.4 Å². The fraction of sp³-hybridized carbons (Fsp3) is 0.632. The molecule has 1 amide bonds. The zero-order valence-electron chi connectivity index (χ0n) is 15.8. The zero-order chi connectivity index (χ0) is 20.5. The van der Waals surface area contributed by atoms with Gasteiger partial charge in [0.05, 0.1) is 16.9 Å². The third kappa shape index (κ3) is 5.70. The highest BCUT2D eigenvalue weighted by Crippen LogP contribution is 2.36. The third-order valence-electron chi connectivity index (χ3n) is 4.86. The maximum Gasteiger partial charge on any atom is 0.416 e. The van der Waals surface area contributed by atoms with Crippen LogP contribution in [0.4, 0.5) is 13.2 Å². The molecule has 0 aliphatic heterocycles. The largest absolute Gasteiger partial charge is 0.416 e. The number of halogens is 3. The Hall–Kier alpha value is -1.57. The van der Waals surface area contributed by atoms with Crippen molar-refractivity contribution < 1.29 is 26.4 Å². The minimum Gasteiger partial charge on any atom is -0.348 e. The molecule has 1 unspecified atom stereocenters. The Morgan fingerprint density at radius 1 is 1.19 bits per heavy atom. The average molecular weight is 405 g/mol. The Kier molecular flexibility index (Phi) is 6.29. The van der Waals surface area contributed by atoms with Crippen molar-refractivity contribution in [3.05, 3.63) is 35.4 Å². The monoisotopic (exact) mass is 405 g/mol. The first-order valence-corrected chi connectivity index (χ1v) is 10.7. The van der Waals surface area contributed by atoms with Crippen molar-refractivity contribution >= 4 is 15.7 Å². The second-order valence-electron chi connectivity index (χ2n) is 8.20. The molecule has 0 heterocycles. The maximum atomic E-state index is 13.0. The van der Waals surface area contributed by atoms with Gasteiger partial charge in [-0.3, -0.25) is 4.79 Å². The van der Waals surface area contributed by atoms with Gasteiger partial charge in [-0.2, -0.15) is 13.2 Å². The molecule has 0 saturated heterocycles. The summed E-state index contributed by atoms with van der Waals surface area (Å²) < 4.78 is 63.8. The van der Waals surface area contributed by atoms with Gasteiger partial charge in [-0.05, 0) is 36.0 Å². The number of sulfone groups is 1. The highest BCUT2D eigenvalue weighted by Gasteiger charge is 2.35. The number of benzene rings is 1. The molecule has 1 fully saturated rings. The Bertz CT molecular complexity index is 776. The van der Waals surface area contributed by atoms with Gasteiger partial charge in [0, 0.05) is 0 Å². The predicted octanol–water partition coefficient (Wildman–Crippen LogP) is 4.27. The number of carbonyl (C=O) groups excluding carboxylic acids is 1. The van der Waals surface area contributed by atoms with E-state index in [2.05, 4.69) is 5.32 Å². The topological polar surface area (TPSA) is 63.2 Å². The fourth-order valence-corrected chi connectivity index (χ4v) is 5.18. The lowest BCUT2D eigenvalue weighted by Gasteiger charge is -2.32. The van der Waals surface area contributed by atoms with Crippen LogP contribution in [0.15, 0.2) is 24.3 Å². The summed E-state index contributed by atoms with van der Waals surface area (Å²) in [6.45, 7) is 5.34. The molecule has 2 rings (SSSR count). The molecule has 1 aromatic rings. The van der Waals surface area contributed by atoms with E-state index in [1.54, 1.807) is 20.8 Å². The summed E-state index contributed by atoms with van der Waals surface area (Å²) >= 11 is 0. The molecule has 1 atom stereocenters.